The standard InChI is InChI=1S/C28H27N3O4/c1-34-23-16-19-14-15-31(27(18-8-4-3-5-9-18)21(19)17-24(23)35-2)26(32)13-12-25-29-22-11-7-6-10-20(22)28(33)30-25/h3-11,16-17,27H,12-15H2,1-2H3,(H,29,30,33). The van der Waals surface area contributed by atoms with Crippen LogP contribution in [0, 0.1) is 0 Å². The zero-order valence-corrected chi connectivity index (χ0v) is 19.8. The van der Waals surface area contributed by atoms with E-state index in [2.05, 4.69) is 9.97 Å². The number of rotatable bonds is 6. The minimum atomic E-state index is -0.240. The number of nitrogens with zero attached hydrogens (tertiary/aromatic N) is 2. The summed E-state index contributed by atoms with van der Waals surface area (Å²) >= 11 is 0. The third-order valence-corrected chi connectivity index (χ3v) is 6.55. The number of aromatic nitrogens is 2. The Kier molecular flexibility index (Phi) is 6.23. The van der Waals surface area contributed by atoms with Crippen molar-refractivity contribution in [2.45, 2.75) is 25.3 Å². The number of para-hydroxylation sites is 1. The van der Waals surface area contributed by atoms with E-state index >= 15 is 0 Å². The molecule has 1 atom stereocenters. The van der Waals surface area contributed by atoms with Gasteiger partial charge in [-0.1, -0.05) is 42.5 Å². The molecule has 1 aliphatic rings. The molecule has 0 saturated heterocycles. The van der Waals surface area contributed by atoms with Crippen LogP contribution in [0.3, 0.4) is 0 Å². The Morgan fingerprint density at radius 3 is 2.51 bits per heavy atom. The fraction of sp³-hybridized carbons (Fsp3) is 0.250. The topological polar surface area (TPSA) is 84.5 Å². The van der Waals surface area contributed by atoms with E-state index in [0.29, 0.717) is 41.2 Å². The summed E-state index contributed by atoms with van der Waals surface area (Å²) in [5.74, 6) is 1.85. The van der Waals surface area contributed by atoms with Gasteiger partial charge >= 0.3 is 0 Å². The monoisotopic (exact) mass is 469 g/mol. The van der Waals surface area contributed by atoms with Crippen LogP contribution in [0.4, 0.5) is 0 Å². The highest BCUT2D eigenvalue weighted by atomic mass is 16.5. The number of nitrogens with one attached hydrogen (secondary N) is 1. The molecule has 35 heavy (non-hydrogen) atoms. The van der Waals surface area contributed by atoms with Gasteiger partial charge < -0.3 is 19.4 Å². The lowest BCUT2D eigenvalue weighted by molar-refractivity contribution is -0.133. The molecule has 1 aliphatic heterocycles. The van der Waals surface area contributed by atoms with Crippen LogP contribution in [-0.4, -0.2) is 41.5 Å². The number of hydrogen-bond acceptors (Lipinski definition) is 5. The first-order valence-corrected chi connectivity index (χ1v) is 11.7. The highest BCUT2D eigenvalue weighted by Gasteiger charge is 2.33. The molecule has 0 spiro atoms. The van der Waals surface area contributed by atoms with Crippen LogP contribution in [0.15, 0.2) is 71.5 Å². The van der Waals surface area contributed by atoms with Gasteiger partial charge in [0.15, 0.2) is 11.5 Å². The second-order valence-corrected chi connectivity index (χ2v) is 8.59. The first-order chi connectivity index (χ1) is 17.1. The average molecular weight is 470 g/mol. The normalized spacial score (nSPS) is 15.0. The van der Waals surface area contributed by atoms with Gasteiger partial charge in [0.1, 0.15) is 5.82 Å². The zero-order chi connectivity index (χ0) is 24.4. The van der Waals surface area contributed by atoms with E-state index in [1.54, 1.807) is 20.3 Å². The van der Waals surface area contributed by atoms with Crippen molar-refractivity contribution in [3.8, 4) is 11.5 Å². The molecule has 0 bridgehead atoms. The predicted octanol–water partition coefficient (Wildman–Crippen LogP) is 4.05. The van der Waals surface area contributed by atoms with Crippen molar-refractivity contribution in [2.24, 2.45) is 0 Å². The number of ether oxygens (including phenoxy) is 2. The van der Waals surface area contributed by atoms with Gasteiger partial charge in [-0.2, -0.15) is 0 Å². The molecular weight excluding hydrogens is 442 g/mol. The van der Waals surface area contributed by atoms with Gasteiger partial charge in [-0.3, -0.25) is 9.59 Å². The number of H-pyrrole nitrogens is 1. The molecule has 0 fully saturated rings. The molecular formula is C28H27N3O4. The van der Waals surface area contributed by atoms with Crippen molar-refractivity contribution < 1.29 is 14.3 Å². The summed E-state index contributed by atoms with van der Waals surface area (Å²) in [5.41, 5.74) is 3.65. The van der Waals surface area contributed by atoms with Crippen molar-refractivity contribution in [3.05, 3.63) is 99.6 Å². The van der Waals surface area contributed by atoms with Crippen molar-refractivity contribution in [2.75, 3.05) is 20.8 Å². The van der Waals surface area contributed by atoms with E-state index in [0.717, 1.165) is 23.1 Å². The van der Waals surface area contributed by atoms with Crippen LogP contribution in [0.2, 0.25) is 0 Å². The van der Waals surface area contributed by atoms with Crippen molar-refractivity contribution in [3.63, 3.8) is 0 Å². The Bertz CT molecular complexity index is 1430. The maximum atomic E-state index is 13.5. The summed E-state index contributed by atoms with van der Waals surface area (Å²) in [7, 11) is 3.24. The maximum Gasteiger partial charge on any atom is 0.258 e. The summed E-state index contributed by atoms with van der Waals surface area (Å²) in [5, 5.41) is 0.545. The Morgan fingerprint density at radius 2 is 1.74 bits per heavy atom. The molecule has 178 valence electrons. The Balaban J connectivity index is 1.45. The highest BCUT2D eigenvalue weighted by molar-refractivity contribution is 5.79. The van der Waals surface area contributed by atoms with Crippen molar-refractivity contribution in [1.29, 1.82) is 0 Å². The third kappa shape index (κ3) is 4.37. The quantitative estimate of drug-likeness (QED) is 0.461. The number of fused-ring (bicyclic) bond motifs is 2. The van der Waals surface area contributed by atoms with Gasteiger partial charge in [-0.25, -0.2) is 4.98 Å². The molecule has 1 unspecified atom stereocenters. The Hall–Kier alpha value is -4.13. The SMILES string of the molecule is COc1cc2c(cc1OC)C(c1ccccc1)N(C(=O)CCc1nc3ccccc3c(=O)[nH]1)CC2. The van der Waals surface area contributed by atoms with Gasteiger partial charge in [0.05, 0.1) is 31.2 Å². The maximum absolute atomic E-state index is 13.5. The summed E-state index contributed by atoms with van der Waals surface area (Å²) in [4.78, 5) is 35.3. The minimum Gasteiger partial charge on any atom is -0.493 e. The third-order valence-electron chi connectivity index (χ3n) is 6.55. The van der Waals surface area contributed by atoms with Crippen LogP contribution >= 0.6 is 0 Å². The molecule has 2 heterocycles. The van der Waals surface area contributed by atoms with Crippen LogP contribution < -0.4 is 15.0 Å². The van der Waals surface area contributed by atoms with Gasteiger partial charge in [0.25, 0.3) is 5.56 Å². The van der Waals surface area contributed by atoms with E-state index in [-0.39, 0.29) is 23.9 Å². The fourth-order valence-electron chi connectivity index (χ4n) is 4.83. The number of hydrogen-bond donors (Lipinski definition) is 1. The largest absolute Gasteiger partial charge is 0.493 e. The molecule has 7 nitrogen and oxygen atoms in total. The van der Waals surface area contributed by atoms with E-state index in [9.17, 15) is 9.59 Å². The molecule has 1 amide bonds. The number of benzene rings is 3. The number of aryl methyl sites for hydroxylation is 1. The summed E-state index contributed by atoms with van der Waals surface area (Å²) in [6.45, 7) is 0.586. The number of methoxy groups -OCH3 is 2. The average Bonchev–Trinajstić information content (AvgIpc) is 2.90. The summed E-state index contributed by atoms with van der Waals surface area (Å²) < 4.78 is 11.1. The summed E-state index contributed by atoms with van der Waals surface area (Å²) in [6.07, 6.45) is 1.32. The fourth-order valence-corrected chi connectivity index (χ4v) is 4.83. The van der Waals surface area contributed by atoms with Gasteiger partial charge in [-0.15, -0.1) is 0 Å². The van der Waals surface area contributed by atoms with Gasteiger partial charge in [0.2, 0.25) is 5.91 Å². The molecule has 1 N–H and O–H groups in total. The first-order valence-electron chi connectivity index (χ1n) is 11.7. The van der Waals surface area contributed by atoms with Crippen LogP contribution in [0.5, 0.6) is 11.5 Å². The molecule has 7 heteroatoms. The number of carbonyl (C=O) groups is 1. The van der Waals surface area contributed by atoms with E-state index < -0.39 is 0 Å². The van der Waals surface area contributed by atoms with E-state index in [1.165, 1.54) is 0 Å². The van der Waals surface area contributed by atoms with Gasteiger partial charge in [-0.05, 0) is 47.4 Å². The second kappa shape index (κ2) is 9.62. The predicted molar refractivity (Wildman–Crippen MR) is 134 cm³/mol. The molecule has 3 aromatic carbocycles. The molecule has 0 saturated carbocycles. The van der Waals surface area contributed by atoms with Crippen molar-refractivity contribution in [1.82, 2.24) is 14.9 Å². The second-order valence-electron chi connectivity index (χ2n) is 8.59. The lowest BCUT2D eigenvalue weighted by atomic mass is 9.87. The molecule has 5 rings (SSSR count). The number of aromatic amines is 1. The number of amides is 1. The summed E-state index contributed by atoms with van der Waals surface area (Å²) in [6, 6.07) is 21.0. The molecule has 0 radical (unpaired) electrons. The molecule has 1 aromatic heterocycles. The van der Waals surface area contributed by atoms with E-state index in [4.69, 9.17) is 9.47 Å². The van der Waals surface area contributed by atoms with Gasteiger partial charge in [0, 0.05) is 19.4 Å². The van der Waals surface area contributed by atoms with E-state index in [1.807, 2.05) is 65.6 Å². The highest BCUT2D eigenvalue weighted by Crippen LogP contribution is 2.41. The lowest BCUT2D eigenvalue weighted by Gasteiger charge is -2.38. The Labute approximate surface area is 203 Å². The first kappa shape index (κ1) is 22.7. The van der Waals surface area contributed by atoms with Crippen molar-refractivity contribution >= 4 is 16.8 Å². The minimum absolute atomic E-state index is 0.00935. The van der Waals surface area contributed by atoms with Crippen LogP contribution in [0.1, 0.15) is 35.0 Å². The Morgan fingerprint density at radius 1 is 1.03 bits per heavy atom. The number of carbonyl (C=O) groups excluding carboxylic acids is 1. The molecule has 4 aromatic rings. The zero-order valence-electron chi connectivity index (χ0n) is 19.8. The van der Waals surface area contributed by atoms with Crippen LogP contribution in [0.25, 0.3) is 10.9 Å². The van der Waals surface area contributed by atoms with Crippen LogP contribution in [-0.2, 0) is 17.6 Å². The molecule has 0 aliphatic carbocycles. The lowest BCUT2D eigenvalue weighted by Crippen LogP contribution is -2.40. The smallest absolute Gasteiger partial charge is 0.258 e.